The number of hydrogen-bond donors (Lipinski definition) is 0. The molecule has 6 heterocycles. The van der Waals surface area contributed by atoms with E-state index < -0.39 is 70.9 Å². The summed E-state index contributed by atoms with van der Waals surface area (Å²) >= 11 is 0. The molecule has 0 spiro atoms. The minimum absolute atomic E-state index is 0.320. The van der Waals surface area contributed by atoms with Gasteiger partial charge in [-0.25, -0.2) is 24.0 Å². The Bertz CT molecular complexity index is 3160. The van der Waals surface area contributed by atoms with Crippen LogP contribution in [0.2, 0.25) is 0 Å². The maximum atomic E-state index is 15.9. The smallest absolute Gasteiger partial charge is 0.328 e. The fraction of sp³-hybridized carbons (Fsp3) is 0.175. The molecule has 2 aromatic heterocycles. The zero-order valence-electron chi connectivity index (χ0n) is 38.4. The van der Waals surface area contributed by atoms with Crippen LogP contribution in [0.3, 0.4) is 0 Å². The van der Waals surface area contributed by atoms with E-state index in [1.54, 1.807) is 33.6 Å². The molecule has 0 radical (unpaired) electrons. The number of benzene rings is 6. The molecule has 8 aromatic rings. The summed E-state index contributed by atoms with van der Waals surface area (Å²) in [7, 11) is 1.23. The van der Waals surface area contributed by atoms with Crippen LogP contribution in [0.4, 0.5) is 11.4 Å². The van der Waals surface area contributed by atoms with E-state index in [9.17, 15) is 0 Å². The standard InChI is InChI=1S/C57H45N7O6/c1-34-24-28-40(29-25-34)62-52(65)44-46(54(62)67)57(56(69)70-3)47-45(53(66)63(55(47)68)41-30-26-35(2)27-31-41)51(43-33-61(39-22-14-7-15-23-39)59-49(43)37-18-10-5-11-19-37)64(57)50(44)42-32-60(38-20-12-6-13-21-38)58-48(42)36-16-8-4-9-17-36/h4-33,44-47,50-51H,1-3H3/t44-,45?,46-,47?,50-,51?,57?/m1/s1. The summed E-state index contributed by atoms with van der Waals surface area (Å²) < 4.78 is 9.36. The van der Waals surface area contributed by atoms with Gasteiger partial charge in [-0.1, -0.05) is 132 Å². The number of fused-ring (bicyclic) bond motifs is 5. The van der Waals surface area contributed by atoms with Crippen molar-refractivity contribution < 1.29 is 28.7 Å². The van der Waals surface area contributed by atoms with Gasteiger partial charge in [-0.3, -0.25) is 24.1 Å². The first-order valence-electron chi connectivity index (χ1n) is 23.3. The zero-order valence-corrected chi connectivity index (χ0v) is 38.4. The van der Waals surface area contributed by atoms with Gasteiger partial charge in [0.15, 0.2) is 0 Å². The van der Waals surface area contributed by atoms with Crippen LogP contribution in [0, 0.1) is 37.5 Å². The van der Waals surface area contributed by atoms with Crippen molar-refractivity contribution in [3.05, 3.63) is 205 Å². The summed E-state index contributed by atoms with van der Waals surface area (Å²) in [5.74, 6) is -8.97. The lowest BCUT2D eigenvalue weighted by molar-refractivity contribution is -0.162. The molecule has 6 aromatic carbocycles. The Morgan fingerprint density at radius 3 is 1.19 bits per heavy atom. The molecule has 70 heavy (non-hydrogen) atoms. The van der Waals surface area contributed by atoms with Crippen molar-refractivity contribution in [3.8, 4) is 33.9 Å². The van der Waals surface area contributed by atoms with Crippen LogP contribution in [-0.4, -0.2) is 66.7 Å². The molecule has 4 saturated heterocycles. The number of methoxy groups -OCH3 is 1. The van der Waals surface area contributed by atoms with Crippen LogP contribution < -0.4 is 9.80 Å². The largest absolute Gasteiger partial charge is 0.468 e. The Morgan fingerprint density at radius 1 is 0.471 bits per heavy atom. The Morgan fingerprint density at radius 2 is 0.829 bits per heavy atom. The lowest BCUT2D eigenvalue weighted by Gasteiger charge is -2.41. The van der Waals surface area contributed by atoms with E-state index in [4.69, 9.17) is 14.9 Å². The Hall–Kier alpha value is -8.55. The molecule has 0 aliphatic carbocycles. The molecule has 0 saturated carbocycles. The van der Waals surface area contributed by atoms with Crippen LogP contribution in [0.1, 0.15) is 34.3 Å². The minimum Gasteiger partial charge on any atom is -0.468 e. The Balaban J connectivity index is 1.20. The molecule has 12 rings (SSSR count). The molecule has 0 bridgehead atoms. The van der Waals surface area contributed by atoms with Crippen LogP contribution in [0.15, 0.2) is 182 Å². The molecule has 4 fully saturated rings. The highest BCUT2D eigenvalue weighted by Crippen LogP contribution is 2.70. The lowest BCUT2D eigenvalue weighted by Crippen LogP contribution is -2.61. The van der Waals surface area contributed by atoms with Crippen molar-refractivity contribution in [1.82, 2.24) is 24.5 Å². The number of nitrogens with zero attached hydrogens (tertiary/aromatic N) is 7. The maximum Gasteiger partial charge on any atom is 0.328 e. The summed E-state index contributed by atoms with van der Waals surface area (Å²) in [6.07, 6.45) is 3.69. The monoisotopic (exact) mass is 923 g/mol. The van der Waals surface area contributed by atoms with Gasteiger partial charge in [0.05, 0.1) is 77.0 Å². The van der Waals surface area contributed by atoms with E-state index >= 15 is 24.0 Å². The number of amides is 4. The van der Waals surface area contributed by atoms with E-state index in [1.165, 1.54) is 7.11 Å². The molecule has 0 N–H and O–H groups in total. The number of para-hydroxylation sites is 2. The molecule has 13 nitrogen and oxygen atoms in total. The molecule has 4 aliphatic rings. The average molecular weight is 924 g/mol. The molecule has 13 heteroatoms. The first-order valence-corrected chi connectivity index (χ1v) is 23.3. The van der Waals surface area contributed by atoms with Crippen molar-refractivity contribution in [3.63, 3.8) is 0 Å². The van der Waals surface area contributed by atoms with Gasteiger partial charge in [-0.2, -0.15) is 10.2 Å². The minimum atomic E-state index is -2.23. The highest BCUT2D eigenvalue weighted by molar-refractivity contribution is 6.28. The first-order chi connectivity index (χ1) is 34.1. The number of aromatic nitrogens is 4. The van der Waals surface area contributed by atoms with Crippen LogP contribution in [0.25, 0.3) is 33.9 Å². The third-order valence-electron chi connectivity index (χ3n) is 14.7. The Labute approximate surface area is 403 Å². The number of imide groups is 2. The second kappa shape index (κ2) is 16.3. The molecule has 4 unspecified atom stereocenters. The van der Waals surface area contributed by atoms with Gasteiger partial charge in [0, 0.05) is 34.6 Å². The van der Waals surface area contributed by atoms with Gasteiger partial charge in [0.1, 0.15) is 5.54 Å². The predicted octanol–water partition coefficient (Wildman–Crippen LogP) is 8.64. The number of rotatable bonds is 9. The van der Waals surface area contributed by atoms with E-state index in [-0.39, 0.29) is 0 Å². The third kappa shape index (κ3) is 6.17. The fourth-order valence-corrected chi connectivity index (χ4v) is 11.8. The van der Waals surface area contributed by atoms with Crippen LogP contribution in [-0.2, 0) is 28.7 Å². The number of hydrogen-bond acceptors (Lipinski definition) is 9. The van der Waals surface area contributed by atoms with E-state index in [0.717, 1.165) is 32.3 Å². The van der Waals surface area contributed by atoms with E-state index in [0.29, 0.717) is 45.0 Å². The summed E-state index contributed by atoms with van der Waals surface area (Å²) in [6.45, 7) is 3.82. The average Bonchev–Trinajstić information content (AvgIpc) is 4.24. The topological polar surface area (TPSA) is 140 Å². The fourth-order valence-electron chi connectivity index (χ4n) is 11.8. The summed E-state index contributed by atoms with van der Waals surface area (Å²) in [4.78, 5) is 83.6. The molecule has 344 valence electrons. The summed E-state index contributed by atoms with van der Waals surface area (Å²) in [5, 5.41) is 10.4. The number of carbonyl (C=O) groups is 5. The second-order valence-electron chi connectivity index (χ2n) is 18.5. The molecule has 7 atom stereocenters. The molecule has 4 amide bonds. The van der Waals surface area contributed by atoms with E-state index in [1.807, 2.05) is 177 Å². The van der Waals surface area contributed by atoms with Gasteiger partial charge in [0.25, 0.3) is 0 Å². The quantitative estimate of drug-likeness (QED) is 0.103. The van der Waals surface area contributed by atoms with Gasteiger partial charge in [0.2, 0.25) is 23.6 Å². The molecule has 4 aliphatic heterocycles. The molecular formula is C57H45N7O6. The number of esters is 1. The van der Waals surface area contributed by atoms with E-state index in [2.05, 4.69) is 0 Å². The highest BCUT2D eigenvalue weighted by atomic mass is 16.5. The van der Waals surface area contributed by atoms with Gasteiger partial charge >= 0.3 is 5.97 Å². The van der Waals surface area contributed by atoms with Crippen molar-refractivity contribution in [1.29, 1.82) is 0 Å². The van der Waals surface area contributed by atoms with Gasteiger partial charge in [-0.05, 0) is 62.4 Å². The summed E-state index contributed by atoms with van der Waals surface area (Å²) in [5.41, 5.74) is 5.10. The van der Waals surface area contributed by atoms with Crippen molar-refractivity contribution in [2.45, 2.75) is 31.5 Å². The van der Waals surface area contributed by atoms with Gasteiger partial charge in [-0.15, -0.1) is 0 Å². The van der Waals surface area contributed by atoms with Crippen molar-refractivity contribution in [2.75, 3.05) is 16.9 Å². The van der Waals surface area contributed by atoms with Gasteiger partial charge < -0.3 is 4.74 Å². The number of aryl methyl sites for hydroxylation is 2. The number of anilines is 2. The number of carbonyl (C=O) groups excluding carboxylic acids is 5. The SMILES string of the molecule is COC(=O)C12C3C(=O)N(c4ccc(C)cc4)C(=O)C3C(c3cn(-c4ccccc4)nc3-c3ccccc3)N1[C@H](c1cn(-c3ccccc3)nc1-c1ccccc1)[C@@H]1C(=O)N(c3ccc(C)cc3)C(=O)[C@@H]12. The van der Waals surface area contributed by atoms with Crippen molar-refractivity contribution in [2.24, 2.45) is 23.7 Å². The highest BCUT2D eigenvalue weighted by Gasteiger charge is 2.84. The lowest BCUT2D eigenvalue weighted by atomic mass is 9.69. The van der Waals surface area contributed by atoms with Crippen LogP contribution in [0.5, 0.6) is 0 Å². The normalized spacial score (nSPS) is 23.8. The van der Waals surface area contributed by atoms with Crippen LogP contribution >= 0.6 is 0 Å². The maximum absolute atomic E-state index is 15.9. The predicted molar refractivity (Wildman–Crippen MR) is 261 cm³/mol. The summed E-state index contributed by atoms with van der Waals surface area (Å²) in [6, 6.07) is 49.9. The third-order valence-corrected chi connectivity index (χ3v) is 14.7. The van der Waals surface area contributed by atoms with Crippen molar-refractivity contribution >= 4 is 41.0 Å². The number of ether oxygens (including phenoxy) is 1. The zero-order chi connectivity index (χ0) is 48.0. The Kier molecular flexibility index (Phi) is 9.97. The second-order valence-corrected chi connectivity index (χ2v) is 18.5. The molecular weight excluding hydrogens is 879 g/mol. The first kappa shape index (κ1) is 42.8.